The molecule has 0 saturated heterocycles. The average molecular weight is 365 g/mol. The summed E-state index contributed by atoms with van der Waals surface area (Å²) in [6, 6.07) is 1.59. The topological polar surface area (TPSA) is 66.4 Å². The van der Waals surface area contributed by atoms with Crippen molar-refractivity contribution in [2.24, 2.45) is 5.92 Å². The largest absolute Gasteiger partial charge is 0.481 e. The number of nitrogens with one attached hydrogen (secondary N) is 1. The predicted octanol–water partition coefficient (Wildman–Crippen LogP) is 2.34. The van der Waals surface area contributed by atoms with E-state index in [0.29, 0.717) is 12.0 Å². The lowest BCUT2D eigenvalue weighted by molar-refractivity contribution is -0.142. The first-order valence-corrected chi connectivity index (χ1v) is 7.31. The normalized spacial score (nSPS) is 23.6. The summed E-state index contributed by atoms with van der Waals surface area (Å²) in [4.78, 5) is 22.9. The molecule has 4 nitrogen and oxygen atoms in total. The summed E-state index contributed by atoms with van der Waals surface area (Å²) in [5, 5.41) is 13.6. The SMILES string of the molecule is O=C(N[C@H]1CCC[C@H]1C(=O)O)c1csc(I)c1. The van der Waals surface area contributed by atoms with E-state index in [1.165, 1.54) is 11.3 Å². The molecule has 0 aromatic carbocycles. The monoisotopic (exact) mass is 365 g/mol. The fourth-order valence-corrected chi connectivity index (χ4v) is 3.44. The summed E-state index contributed by atoms with van der Waals surface area (Å²) in [5.74, 6) is -1.41. The summed E-state index contributed by atoms with van der Waals surface area (Å²) >= 11 is 3.66. The van der Waals surface area contributed by atoms with Crippen LogP contribution in [0.25, 0.3) is 0 Å². The Labute approximate surface area is 117 Å². The number of halogens is 1. The lowest BCUT2D eigenvalue weighted by atomic mass is 10.0. The number of amides is 1. The molecule has 1 fully saturated rings. The van der Waals surface area contributed by atoms with E-state index in [4.69, 9.17) is 5.11 Å². The van der Waals surface area contributed by atoms with Crippen LogP contribution in [0.4, 0.5) is 0 Å². The third-order valence-electron chi connectivity index (χ3n) is 2.98. The van der Waals surface area contributed by atoms with Gasteiger partial charge in [0.05, 0.1) is 14.4 Å². The third kappa shape index (κ3) is 2.98. The van der Waals surface area contributed by atoms with E-state index in [-0.39, 0.29) is 11.9 Å². The maximum atomic E-state index is 11.9. The van der Waals surface area contributed by atoms with E-state index >= 15 is 0 Å². The van der Waals surface area contributed by atoms with Crippen LogP contribution >= 0.6 is 33.9 Å². The van der Waals surface area contributed by atoms with Gasteiger partial charge < -0.3 is 10.4 Å². The lowest BCUT2D eigenvalue weighted by Gasteiger charge is -2.16. The van der Waals surface area contributed by atoms with Crippen molar-refractivity contribution < 1.29 is 14.7 Å². The third-order valence-corrected chi connectivity index (χ3v) is 4.77. The zero-order valence-electron chi connectivity index (χ0n) is 8.98. The second-order valence-electron chi connectivity index (χ2n) is 4.10. The van der Waals surface area contributed by atoms with E-state index in [1.807, 2.05) is 6.07 Å². The van der Waals surface area contributed by atoms with Gasteiger partial charge in [-0.25, -0.2) is 0 Å². The number of hydrogen-bond acceptors (Lipinski definition) is 3. The van der Waals surface area contributed by atoms with Gasteiger partial charge in [0, 0.05) is 11.4 Å². The second kappa shape index (κ2) is 5.34. The Bertz CT molecular complexity index is 446. The molecule has 17 heavy (non-hydrogen) atoms. The molecule has 1 aliphatic carbocycles. The Morgan fingerprint density at radius 1 is 1.47 bits per heavy atom. The molecule has 0 spiro atoms. The molecule has 1 aromatic heterocycles. The van der Waals surface area contributed by atoms with Gasteiger partial charge in [-0.15, -0.1) is 11.3 Å². The number of carboxylic acids is 1. The quantitative estimate of drug-likeness (QED) is 0.809. The fourth-order valence-electron chi connectivity index (χ4n) is 2.11. The smallest absolute Gasteiger partial charge is 0.308 e. The van der Waals surface area contributed by atoms with E-state index in [0.717, 1.165) is 15.7 Å². The molecule has 2 rings (SSSR count). The van der Waals surface area contributed by atoms with E-state index < -0.39 is 11.9 Å². The van der Waals surface area contributed by atoms with Gasteiger partial charge in [0.2, 0.25) is 0 Å². The minimum atomic E-state index is -0.812. The number of carbonyl (C=O) groups is 2. The van der Waals surface area contributed by atoms with Gasteiger partial charge >= 0.3 is 5.97 Å². The van der Waals surface area contributed by atoms with Crippen molar-refractivity contribution in [1.82, 2.24) is 5.32 Å². The van der Waals surface area contributed by atoms with Crippen LogP contribution in [0.2, 0.25) is 0 Å². The molecule has 0 radical (unpaired) electrons. The highest BCUT2D eigenvalue weighted by atomic mass is 127. The van der Waals surface area contributed by atoms with Crippen molar-refractivity contribution >= 4 is 45.8 Å². The molecule has 92 valence electrons. The molecular weight excluding hydrogens is 353 g/mol. The summed E-state index contributed by atoms with van der Waals surface area (Å²) < 4.78 is 1.05. The fraction of sp³-hybridized carbons (Fsp3) is 0.455. The molecule has 0 aliphatic heterocycles. The maximum absolute atomic E-state index is 11.9. The summed E-state index contributed by atoms with van der Waals surface area (Å²) in [6.45, 7) is 0. The van der Waals surface area contributed by atoms with Crippen molar-refractivity contribution in [2.75, 3.05) is 0 Å². The van der Waals surface area contributed by atoms with Crippen molar-refractivity contribution in [3.63, 3.8) is 0 Å². The van der Waals surface area contributed by atoms with Gasteiger partial charge in [0.15, 0.2) is 0 Å². The van der Waals surface area contributed by atoms with Crippen molar-refractivity contribution in [2.45, 2.75) is 25.3 Å². The van der Waals surface area contributed by atoms with Crippen LogP contribution in [0.3, 0.4) is 0 Å². The highest BCUT2D eigenvalue weighted by molar-refractivity contribution is 14.1. The second-order valence-corrected chi connectivity index (χ2v) is 6.90. The van der Waals surface area contributed by atoms with Gasteiger partial charge in [-0.05, 0) is 41.5 Å². The summed E-state index contributed by atoms with van der Waals surface area (Å²) in [5.41, 5.74) is 0.621. The van der Waals surface area contributed by atoms with Crippen LogP contribution in [0.1, 0.15) is 29.6 Å². The number of carbonyl (C=O) groups excluding carboxylic acids is 1. The number of thiophene rings is 1. The van der Waals surface area contributed by atoms with E-state index in [2.05, 4.69) is 27.9 Å². The average Bonchev–Trinajstić information content (AvgIpc) is 2.86. The Kier molecular flexibility index (Phi) is 4.03. The molecule has 2 atom stereocenters. The number of carboxylic acid groups (broad SMARTS) is 1. The molecule has 1 saturated carbocycles. The lowest BCUT2D eigenvalue weighted by Crippen LogP contribution is -2.40. The highest BCUT2D eigenvalue weighted by Gasteiger charge is 2.34. The van der Waals surface area contributed by atoms with Crippen LogP contribution in [-0.4, -0.2) is 23.0 Å². The first kappa shape index (κ1) is 12.8. The predicted molar refractivity (Wildman–Crippen MR) is 73.3 cm³/mol. The number of rotatable bonds is 3. The van der Waals surface area contributed by atoms with Crippen molar-refractivity contribution in [3.8, 4) is 0 Å². The molecule has 0 bridgehead atoms. The molecule has 1 aromatic rings. The highest BCUT2D eigenvalue weighted by Crippen LogP contribution is 2.26. The summed E-state index contributed by atoms with van der Waals surface area (Å²) in [6.07, 6.45) is 2.27. The van der Waals surface area contributed by atoms with Gasteiger partial charge in [-0.1, -0.05) is 6.42 Å². The Morgan fingerprint density at radius 2 is 2.24 bits per heavy atom. The maximum Gasteiger partial charge on any atom is 0.308 e. The van der Waals surface area contributed by atoms with Gasteiger partial charge in [0.25, 0.3) is 5.91 Å². The van der Waals surface area contributed by atoms with Gasteiger partial charge in [-0.3, -0.25) is 9.59 Å². The first-order chi connectivity index (χ1) is 8.08. The van der Waals surface area contributed by atoms with E-state index in [1.54, 1.807) is 5.38 Å². The standard InChI is InChI=1S/C11H12INO3S/c12-9-4-6(5-17-9)10(14)13-8-3-1-2-7(8)11(15)16/h4-5,7-8H,1-3H2,(H,13,14)(H,15,16)/t7-,8+/m1/s1. The zero-order valence-corrected chi connectivity index (χ0v) is 12.0. The molecule has 0 unspecified atom stereocenters. The Hall–Kier alpha value is -0.630. The van der Waals surface area contributed by atoms with Crippen LogP contribution < -0.4 is 5.32 Å². The molecule has 6 heteroatoms. The molecule has 1 heterocycles. The number of hydrogen-bond donors (Lipinski definition) is 2. The van der Waals surface area contributed by atoms with Crippen molar-refractivity contribution in [3.05, 3.63) is 19.9 Å². The van der Waals surface area contributed by atoms with E-state index in [9.17, 15) is 9.59 Å². The molecule has 1 aliphatic rings. The van der Waals surface area contributed by atoms with Gasteiger partial charge in [0.1, 0.15) is 0 Å². The minimum absolute atomic E-state index is 0.165. The molecule has 1 amide bonds. The zero-order chi connectivity index (χ0) is 12.4. The van der Waals surface area contributed by atoms with Crippen LogP contribution in [0.5, 0.6) is 0 Å². The van der Waals surface area contributed by atoms with Crippen LogP contribution in [-0.2, 0) is 4.79 Å². The van der Waals surface area contributed by atoms with Crippen LogP contribution in [0, 0.1) is 8.80 Å². The Balaban J connectivity index is 2.01. The minimum Gasteiger partial charge on any atom is -0.481 e. The summed E-state index contributed by atoms with van der Waals surface area (Å²) in [7, 11) is 0. The Morgan fingerprint density at radius 3 is 2.82 bits per heavy atom. The molecular formula is C11H12INO3S. The van der Waals surface area contributed by atoms with Crippen molar-refractivity contribution in [1.29, 1.82) is 0 Å². The van der Waals surface area contributed by atoms with Gasteiger partial charge in [-0.2, -0.15) is 0 Å². The first-order valence-electron chi connectivity index (χ1n) is 5.35. The molecule has 2 N–H and O–H groups in total. The van der Waals surface area contributed by atoms with Crippen LogP contribution in [0.15, 0.2) is 11.4 Å². The number of aliphatic carboxylic acids is 1.